The fourth-order valence-corrected chi connectivity index (χ4v) is 0.538. The van der Waals surface area contributed by atoms with Crippen molar-refractivity contribution in [2.45, 2.75) is 12.3 Å². The van der Waals surface area contributed by atoms with Crippen LogP contribution in [-0.4, -0.2) is 11.3 Å². The van der Waals surface area contributed by atoms with E-state index in [4.69, 9.17) is 28.5 Å². The van der Waals surface area contributed by atoms with Crippen molar-refractivity contribution < 1.29 is 0 Å². The Bertz CT molecular complexity index is 97.1. The average Bonchev–Trinajstić information content (AvgIpc) is 1.84. The van der Waals surface area contributed by atoms with Crippen LogP contribution in [0.15, 0.2) is 0 Å². The van der Waals surface area contributed by atoms with E-state index in [1.807, 2.05) is 6.07 Å². The summed E-state index contributed by atoms with van der Waals surface area (Å²) in [4.78, 5) is 0. The van der Waals surface area contributed by atoms with Crippen molar-refractivity contribution >= 4 is 23.2 Å². The second-order valence-electron chi connectivity index (χ2n) is 1.59. The van der Waals surface area contributed by atoms with Crippen LogP contribution in [0.1, 0.15) is 6.92 Å². The number of alkyl halides is 2. The zero-order chi connectivity index (χ0) is 6.57. The molecular formula is C5H7Cl2N. The lowest BCUT2D eigenvalue weighted by molar-refractivity contribution is 0.727. The van der Waals surface area contributed by atoms with Gasteiger partial charge in [-0.2, -0.15) is 5.26 Å². The molecule has 2 unspecified atom stereocenters. The molecule has 0 aromatic heterocycles. The van der Waals surface area contributed by atoms with Crippen molar-refractivity contribution in [1.29, 1.82) is 5.26 Å². The molecule has 0 rings (SSSR count). The van der Waals surface area contributed by atoms with Gasteiger partial charge in [-0.15, -0.1) is 23.2 Å². The Labute approximate surface area is 59.2 Å². The Morgan fingerprint density at radius 3 is 2.38 bits per heavy atom. The summed E-state index contributed by atoms with van der Waals surface area (Å²) >= 11 is 10.9. The minimum atomic E-state index is -0.207. The Kier molecular flexibility index (Phi) is 4.03. The third-order valence-corrected chi connectivity index (χ3v) is 1.92. The minimum absolute atomic E-state index is 0.144. The van der Waals surface area contributed by atoms with Gasteiger partial charge in [-0.05, 0) is 6.92 Å². The molecule has 46 valence electrons. The highest BCUT2D eigenvalue weighted by molar-refractivity contribution is 6.28. The topological polar surface area (TPSA) is 23.8 Å². The summed E-state index contributed by atoms with van der Waals surface area (Å²) < 4.78 is 0. The van der Waals surface area contributed by atoms with Gasteiger partial charge in [0.05, 0.1) is 17.4 Å². The molecule has 1 nitrogen and oxygen atoms in total. The number of rotatable bonds is 2. The first-order valence-corrected chi connectivity index (χ1v) is 3.29. The van der Waals surface area contributed by atoms with Gasteiger partial charge in [0.1, 0.15) is 0 Å². The van der Waals surface area contributed by atoms with E-state index in [1.54, 1.807) is 6.92 Å². The Morgan fingerprint density at radius 1 is 1.75 bits per heavy atom. The molecule has 0 saturated carbocycles. The summed E-state index contributed by atoms with van der Waals surface area (Å²) in [5.74, 6) is 0.199. The van der Waals surface area contributed by atoms with Gasteiger partial charge in [0.15, 0.2) is 0 Å². The molecule has 0 N–H and O–H groups in total. The van der Waals surface area contributed by atoms with E-state index < -0.39 is 0 Å². The van der Waals surface area contributed by atoms with Gasteiger partial charge >= 0.3 is 0 Å². The van der Waals surface area contributed by atoms with Crippen molar-refractivity contribution in [3.8, 4) is 6.07 Å². The quantitative estimate of drug-likeness (QED) is 0.555. The fourth-order valence-electron chi connectivity index (χ4n) is 0.215. The molecule has 2 atom stereocenters. The molecule has 0 amide bonds. The summed E-state index contributed by atoms with van der Waals surface area (Å²) in [6.45, 7) is 1.75. The maximum Gasteiger partial charge on any atom is 0.0668 e. The standard InChI is InChI=1S/C5H7Cl2N/c1-4(3-8)5(7)2-6/h4-5H,2H2,1H3. The first kappa shape index (κ1) is 8.07. The van der Waals surface area contributed by atoms with Gasteiger partial charge in [-0.25, -0.2) is 0 Å². The Morgan fingerprint density at radius 2 is 2.25 bits per heavy atom. The van der Waals surface area contributed by atoms with E-state index in [-0.39, 0.29) is 11.3 Å². The van der Waals surface area contributed by atoms with Crippen molar-refractivity contribution in [2.75, 3.05) is 5.88 Å². The molecule has 8 heavy (non-hydrogen) atoms. The smallest absolute Gasteiger partial charge is 0.0668 e. The minimum Gasteiger partial charge on any atom is -0.198 e. The first-order chi connectivity index (χ1) is 3.72. The zero-order valence-electron chi connectivity index (χ0n) is 4.56. The van der Waals surface area contributed by atoms with Crippen LogP contribution < -0.4 is 0 Å². The lowest BCUT2D eigenvalue weighted by atomic mass is 10.1. The SMILES string of the molecule is CC(C#N)C(Cl)CCl. The lowest BCUT2D eigenvalue weighted by Gasteiger charge is -2.03. The second-order valence-corrected chi connectivity index (χ2v) is 2.46. The predicted molar refractivity (Wildman–Crippen MR) is 35.1 cm³/mol. The van der Waals surface area contributed by atoms with Crippen LogP contribution >= 0.6 is 23.2 Å². The molecule has 0 aliphatic carbocycles. The van der Waals surface area contributed by atoms with E-state index in [9.17, 15) is 0 Å². The van der Waals surface area contributed by atoms with Gasteiger partial charge in [-0.3, -0.25) is 0 Å². The van der Waals surface area contributed by atoms with Gasteiger partial charge < -0.3 is 0 Å². The van der Waals surface area contributed by atoms with E-state index in [0.29, 0.717) is 5.88 Å². The lowest BCUT2D eigenvalue weighted by Crippen LogP contribution is -2.10. The number of nitriles is 1. The Balaban J connectivity index is 3.49. The highest BCUT2D eigenvalue weighted by atomic mass is 35.5. The van der Waals surface area contributed by atoms with Gasteiger partial charge in [0, 0.05) is 5.88 Å². The normalized spacial score (nSPS) is 16.8. The van der Waals surface area contributed by atoms with E-state index in [0.717, 1.165) is 0 Å². The summed E-state index contributed by atoms with van der Waals surface area (Å²) in [6.07, 6.45) is 0. The van der Waals surface area contributed by atoms with Crippen molar-refractivity contribution in [3.63, 3.8) is 0 Å². The van der Waals surface area contributed by atoms with Crippen molar-refractivity contribution in [2.24, 2.45) is 5.92 Å². The van der Waals surface area contributed by atoms with Crippen LogP contribution in [0, 0.1) is 17.2 Å². The zero-order valence-corrected chi connectivity index (χ0v) is 6.08. The molecule has 0 spiro atoms. The molecule has 0 saturated heterocycles. The molecule has 0 heterocycles. The molecule has 0 bridgehead atoms. The van der Waals surface area contributed by atoms with Crippen LogP contribution in [0.2, 0.25) is 0 Å². The maximum atomic E-state index is 8.24. The molecule has 0 fully saturated rings. The molecule has 0 aromatic carbocycles. The summed E-state index contributed by atoms with van der Waals surface area (Å²) in [5.41, 5.74) is 0. The van der Waals surface area contributed by atoms with Crippen molar-refractivity contribution in [1.82, 2.24) is 0 Å². The molecule has 0 radical (unpaired) electrons. The van der Waals surface area contributed by atoms with E-state index in [1.165, 1.54) is 0 Å². The summed E-state index contributed by atoms with van der Waals surface area (Å²) in [5, 5.41) is 8.04. The van der Waals surface area contributed by atoms with E-state index in [2.05, 4.69) is 0 Å². The highest BCUT2D eigenvalue weighted by Crippen LogP contribution is 2.09. The average molecular weight is 152 g/mol. The summed E-state index contributed by atoms with van der Waals surface area (Å²) in [7, 11) is 0. The third-order valence-electron chi connectivity index (χ3n) is 0.894. The molecule has 3 heteroatoms. The predicted octanol–water partition coefficient (Wildman–Crippen LogP) is 1.99. The molecule has 0 aliphatic rings. The molecular weight excluding hydrogens is 145 g/mol. The van der Waals surface area contributed by atoms with Gasteiger partial charge in [0.2, 0.25) is 0 Å². The van der Waals surface area contributed by atoms with Crippen LogP contribution in [0.5, 0.6) is 0 Å². The van der Waals surface area contributed by atoms with E-state index >= 15 is 0 Å². The van der Waals surface area contributed by atoms with Crippen LogP contribution in [0.25, 0.3) is 0 Å². The monoisotopic (exact) mass is 151 g/mol. The van der Waals surface area contributed by atoms with Gasteiger partial charge in [0.25, 0.3) is 0 Å². The highest BCUT2D eigenvalue weighted by Gasteiger charge is 2.10. The van der Waals surface area contributed by atoms with Crippen molar-refractivity contribution in [3.05, 3.63) is 0 Å². The fraction of sp³-hybridized carbons (Fsp3) is 0.800. The first-order valence-electron chi connectivity index (χ1n) is 2.32. The number of nitrogens with zero attached hydrogens (tertiary/aromatic N) is 1. The van der Waals surface area contributed by atoms with Crippen LogP contribution in [0.3, 0.4) is 0 Å². The molecule has 0 aliphatic heterocycles. The molecule has 0 aromatic rings. The number of hydrogen-bond donors (Lipinski definition) is 0. The largest absolute Gasteiger partial charge is 0.198 e. The summed E-state index contributed by atoms with van der Waals surface area (Å²) in [6, 6.07) is 2.00. The van der Waals surface area contributed by atoms with Crippen LogP contribution in [-0.2, 0) is 0 Å². The number of halogens is 2. The number of hydrogen-bond acceptors (Lipinski definition) is 1. The van der Waals surface area contributed by atoms with Crippen LogP contribution in [0.4, 0.5) is 0 Å². The third kappa shape index (κ3) is 2.40. The maximum absolute atomic E-state index is 8.24. The Hall–Kier alpha value is 0.0700. The second kappa shape index (κ2) is 4.00. The van der Waals surface area contributed by atoms with Gasteiger partial charge in [-0.1, -0.05) is 0 Å².